The second-order valence-electron chi connectivity index (χ2n) is 3.94. The van der Waals surface area contributed by atoms with E-state index in [1.54, 1.807) is 18.2 Å². The molecule has 0 aliphatic rings. The first-order chi connectivity index (χ1) is 9.51. The van der Waals surface area contributed by atoms with Gasteiger partial charge in [0.25, 0.3) is 5.69 Å². The molecule has 0 radical (unpaired) electrons. The molecule has 5 nitrogen and oxygen atoms in total. The Kier molecular flexibility index (Phi) is 4.44. The van der Waals surface area contributed by atoms with Crippen molar-refractivity contribution in [2.75, 3.05) is 0 Å². The summed E-state index contributed by atoms with van der Waals surface area (Å²) in [5.74, 6) is 0.694. The molecule has 0 aliphatic carbocycles. The van der Waals surface area contributed by atoms with Crippen LogP contribution in [0.25, 0.3) is 0 Å². The first-order valence-electron chi connectivity index (χ1n) is 5.61. The van der Waals surface area contributed by atoms with Crippen molar-refractivity contribution < 1.29 is 9.66 Å². The molecule has 2 aromatic rings. The lowest BCUT2D eigenvalue weighted by Gasteiger charge is -2.10. The number of hydrogen-bond donors (Lipinski definition) is 1. The zero-order valence-electron chi connectivity index (χ0n) is 10.2. The van der Waals surface area contributed by atoms with Crippen LogP contribution in [0.3, 0.4) is 0 Å². The predicted octanol–water partition coefficient (Wildman–Crippen LogP) is 4.15. The average molecular weight is 313 g/mol. The van der Waals surface area contributed by atoms with Crippen LogP contribution in [0.4, 0.5) is 5.69 Å². The Hall–Kier alpha value is -1.82. The molecule has 0 bridgehead atoms. The second kappa shape index (κ2) is 6.09. The van der Waals surface area contributed by atoms with Gasteiger partial charge in [0.15, 0.2) is 0 Å². The molecule has 2 N–H and O–H groups in total. The van der Waals surface area contributed by atoms with Crippen LogP contribution in [0.1, 0.15) is 5.56 Å². The molecule has 2 rings (SSSR count). The van der Waals surface area contributed by atoms with Gasteiger partial charge in [-0.1, -0.05) is 29.3 Å². The molecule has 0 aromatic heterocycles. The summed E-state index contributed by atoms with van der Waals surface area (Å²) in [6, 6.07) is 9.09. The highest BCUT2D eigenvalue weighted by Gasteiger charge is 2.12. The highest BCUT2D eigenvalue weighted by Crippen LogP contribution is 2.35. The Bertz CT molecular complexity index is 662. The summed E-state index contributed by atoms with van der Waals surface area (Å²) in [5, 5.41) is 11.1. The van der Waals surface area contributed by atoms with Crippen molar-refractivity contribution in [2.24, 2.45) is 5.73 Å². The maximum absolute atomic E-state index is 10.6. The van der Waals surface area contributed by atoms with E-state index >= 15 is 0 Å². The molecule has 0 aliphatic heterocycles. The molecule has 0 fully saturated rings. The van der Waals surface area contributed by atoms with Crippen LogP contribution in [0.15, 0.2) is 36.4 Å². The van der Waals surface area contributed by atoms with Gasteiger partial charge in [0.2, 0.25) is 0 Å². The number of halogens is 2. The van der Waals surface area contributed by atoms with E-state index in [4.69, 9.17) is 33.7 Å². The first-order valence-corrected chi connectivity index (χ1v) is 6.37. The maximum Gasteiger partial charge on any atom is 0.271 e. The molecular formula is C13H10Cl2N2O3. The smallest absolute Gasteiger partial charge is 0.271 e. The summed E-state index contributed by atoms with van der Waals surface area (Å²) in [5.41, 5.74) is 6.27. The molecule has 104 valence electrons. The van der Waals surface area contributed by atoms with Crippen molar-refractivity contribution in [3.8, 4) is 11.5 Å². The lowest BCUT2D eigenvalue weighted by atomic mass is 10.2. The topological polar surface area (TPSA) is 78.4 Å². The van der Waals surface area contributed by atoms with Crippen LogP contribution < -0.4 is 10.5 Å². The van der Waals surface area contributed by atoms with Crippen LogP contribution in [-0.4, -0.2) is 4.92 Å². The SMILES string of the molecule is NCc1ccc(Oc2ccc([N+](=O)[O-])cc2Cl)c(Cl)c1. The first kappa shape index (κ1) is 14.6. The van der Waals surface area contributed by atoms with E-state index in [1.807, 2.05) is 0 Å². The summed E-state index contributed by atoms with van der Waals surface area (Å²) in [6.45, 7) is 0.373. The quantitative estimate of drug-likeness (QED) is 0.679. The summed E-state index contributed by atoms with van der Waals surface area (Å²) >= 11 is 12.0. The number of nitro benzene ring substituents is 1. The summed E-state index contributed by atoms with van der Waals surface area (Å²) in [6.07, 6.45) is 0. The lowest BCUT2D eigenvalue weighted by molar-refractivity contribution is -0.384. The van der Waals surface area contributed by atoms with Gasteiger partial charge >= 0.3 is 0 Å². The van der Waals surface area contributed by atoms with Crippen molar-refractivity contribution in [3.05, 3.63) is 62.1 Å². The number of ether oxygens (including phenoxy) is 1. The number of nitro groups is 1. The van der Waals surface area contributed by atoms with E-state index in [0.29, 0.717) is 23.1 Å². The van der Waals surface area contributed by atoms with E-state index in [-0.39, 0.29) is 10.7 Å². The third kappa shape index (κ3) is 3.19. The number of hydrogen-bond acceptors (Lipinski definition) is 4. The van der Waals surface area contributed by atoms with Crippen molar-refractivity contribution >= 4 is 28.9 Å². The van der Waals surface area contributed by atoms with Crippen molar-refractivity contribution in [1.82, 2.24) is 0 Å². The Morgan fingerprint density at radius 2 is 1.70 bits per heavy atom. The van der Waals surface area contributed by atoms with Crippen LogP contribution in [0, 0.1) is 10.1 Å². The second-order valence-corrected chi connectivity index (χ2v) is 4.76. The zero-order chi connectivity index (χ0) is 14.7. The van der Waals surface area contributed by atoms with Gasteiger partial charge in [0, 0.05) is 18.7 Å². The van der Waals surface area contributed by atoms with Gasteiger partial charge in [-0.3, -0.25) is 10.1 Å². The van der Waals surface area contributed by atoms with Crippen LogP contribution in [-0.2, 0) is 6.54 Å². The van der Waals surface area contributed by atoms with Crippen LogP contribution in [0.5, 0.6) is 11.5 Å². The zero-order valence-corrected chi connectivity index (χ0v) is 11.7. The fourth-order valence-electron chi connectivity index (χ4n) is 1.56. The number of non-ortho nitro benzene ring substituents is 1. The molecule has 0 amide bonds. The summed E-state index contributed by atoms with van der Waals surface area (Å²) in [4.78, 5) is 10.1. The fraction of sp³-hybridized carbons (Fsp3) is 0.0769. The lowest BCUT2D eigenvalue weighted by Crippen LogP contribution is -1.96. The fourth-order valence-corrected chi connectivity index (χ4v) is 2.01. The van der Waals surface area contributed by atoms with E-state index in [2.05, 4.69) is 0 Å². The third-order valence-corrected chi connectivity index (χ3v) is 3.17. The molecule has 2 aromatic carbocycles. The third-order valence-electron chi connectivity index (χ3n) is 2.58. The highest BCUT2D eigenvalue weighted by atomic mass is 35.5. The largest absolute Gasteiger partial charge is 0.454 e. The predicted molar refractivity (Wildman–Crippen MR) is 77.5 cm³/mol. The molecule has 0 spiro atoms. The van der Waals surface area contributed by atoms with E-state index < -0.39 is 4.92 Å². The number of benzene rings is 2. The van der Waals surface area contributed by atoms with Crippen LogP contribution >= 0.6 is 23.2 Å². The molecule has 0 unspecified atom stereocenters. The van der Waals surface area contributed by atoms with Gasteiger partial charge in [-0.25, -0.2) is 0 Å². The van der Waals surface area contributed by atoms with Gasteiger partial charge in [0.05, 0.1) is 15.0 Å². The number of nitrogens with zero attached hydrogens (tertiary/aromatic N) is 1. The van der Waals surface area contributed by atoms with E-state index in [0.717, 1.165) is 5.56 Å². The number of rotatable bonds is 4. The minimum atomic E-state index is -0.529. The average Bonchev–Trinajstić information content (AvgIpc) is 2.42. The molecular weight excluding hydrogens is 303 g/mol. The van der Waals surface area contributed by atoms with Crippen molar-refractivity contribution in [3.63, 3.8) is 0 Å². The maximum atomic E-state index is 10.6. The summed E-state index contributed by atoms with van der Waals surface area (Å²) in [7, 11) is 0. The minimum Gasteiger partial charge on any atom is -0.454 e. The Morgan fingerprint density at radius 3 is 2.20 bits per heavy atom. The molecule has 20 heavy (non-hydrogen) atoms. The standard InChI is InChI=1S/C13H10Cl2N2O3/c14-10-5-8(7-16)1-3-12(10)20-13-4-2-9(17(18)19)6-11(13)15/h1-6H,7,16H2. The Morgan fingerprint density at radius 1 is 1.10 bits per heavy atom. The van der Waals surface area contributed by atoms with E-state index in [1.165, 1.54) is 18.2 Å². The molecule has 0 saturated heterocycles. The minimum absolute atomic E-state index is 0.105. The van der Waals surface area contributed by atoms with Crippen molar-refractivity contribution in [1.29, 1.82) is 0 Å². The molecule has 0 heterocycles. The monoisotopic (exact) mass is 312 g/mol. The Balaban J connectivity index is 2.28. The van der Waals surface area contributed by atoms with Crippen LogP contribution in [0.2, 0.25) is 10.0 Å². The number of nitrogens with two attached hydrogens (primary N) is 1. The highest BCUT2D eigenvalue weighted by molar-refractivity contribution is 6.33. The van der Waals surface area contributed by atoms with Gasteiger partial charge in [-0.2, -0.15) is 0 Å². The van der Waals surface area contributed by atoms with Gasteiger partial charge in [0.1, 0.15) is 11.5 Å². The van der Waals surface area contributed by atoms with Crippen molar-refractivity contribution in [2.45, 2.75) is 6.54 Å². The van der Waals surface area contributed by atoms with Gasteiger partial charge in [-0.15, -0.1) is 0 Å². The summed E-state index contributed by atoms with van der Waals surface area (Å²) < 4.78 is 5.55. The van der Waals surface area contributed by atoms with Gasteiger partial charge in [-0.05, 0) is 23.8 Å². The normalized spacial score (nSPS) is 10.3. The molecule has 0 saturated carbocycles. The van der Waals surface area contributed by atoms with Gasteiger partial charge < -0.3 is 10.5 Å². The molecule has 7 heteroatoms. The molecule has 0 atom stereocenters. The Labute approximate surface area is 125 Å². The van der Waals surface area contributed by atoms with E-state index in [9.17, 15) is 10.1 Å².